The van der Waals surface area contributed by atoms with Crippen LogP contribution in [0.15, 0.2) is 23.5 Å². The second-order valence-electron chi connectivity index (χ2n) is 5.88. The third-order valence-corrected chi connectivity index (χ3v) is 5.91. The van der Waals surface area contributed by atoms with Crippen LogP contribution < -0.4 is 10.2 Å². The van der Waals surface area contributed by atoms with E-state index in [1.54, 1.807) is 18.6 Å². The number of fused-ring (bicyclic) bond motifs is 1. The maximum absolute atomic E-state index is 12.0. The van der Waals surface area contributed by atoms with Crippen molar-refractivity contribution in [3.63, 3.8) is 0 Å². The first-order chi connectivity index (χ1) is 11.7. The summed E-state index contributed by atoms with van der Waals surface area (Å²) in [6.45, 7) is 2.38. The minimum Gasteiger partial charge on any atom is -0.368 e. The zero-order valence-electron chi connectivity index (χ0n) is 13.0. The van der Waals surface area contributed by atoms with Gasteiger partial charge in [-0.15, -0.1) is 0 Å². The van der Waals surface area contributed by atoms with Crippen molar-refractivity contribution in [3.05, 3.63) is 29.4 Å². The molecular formula is C15H17ClN6OS. The predicted octanol–water partition coefficient (Wildman–Crippen LogP) is 1.84. The van der Waals surface area contributed by atoms with Gasteiger partial charge in [-0.1, -0.05) is 11.6 Å². The summed E-state index contributed by atoms with van der Waals surface area (Å²) in [5, 5.41) is 3.77. The maximum Gasteiger partial charge on any atom is 0.227 e. The standard InChI is InChI=1S/C15H17ClN6OS/c16-11-7-18-13(19-8-11)10-1-4-22(5-2-10)15-20-9-12-14(21-15)17-3-6-24(12)23/h7-10H,1-6H2,(H,17,20,21)/t24-/m1/s1. The number of piperidine rings is 1. The normalized spacial score (nSPS) is 21.2. The van der Waals surface area contributed by atoms with Gasteiger partial charge >= 0.3 is 0 Å². The van der Waals surface area contributed by atoms with Gasteiger partial charge in [0.2, 0.25) is 5.95 Å². The Morgan fingerprint density at radius 2 is 1.92 bits per heavy atom. The largest absolute Gasteiger partial charge is 0.368 e. The fraction of sp³-hybridized carbons (Fsp3) is 0.467. The van der Waals surface area contributed by atoms with Crippen LogP contribution >= 0.6 is 11.6 Å². The van der Waals surface area contributed by atoms with Gasteiger partial charge in [-0.05, 0) is 12.8 Å². The third kappa shape index (κ3) is 3.08. The molecule has 2 aliphatic rings. The number of nitrogens with zero attached hydrogens (tertiary/aromatic N) is 5. The Labute approximate surface area is 147 Å². The molecule has 4 heterocycles. The van der Waals surface area contributed by atoms with E-state index >= 15 is 0 Å². The molecule has 24 heavy (non-hydrogen) atoms. The number of hydrogen-bond donors (Lipinski definition) is 1. The van der Waals surface area contributed by atoms with Crippen LogP contribution in [-0.4, -0.2) is 49.5 Å². The zero-order valence-corrected chi connectivity index (χ0v) is 14.6. The van der Waals surface area contributed by atoms with Gasteiger partial charge in [0, 0.05) is 43.7 Å². The molecule has 2 aliphatic heterocycles. The smallest absolute Gasteiger partial charge is 0.227 e. The first kappa shape index (κ1) is 15.7. The number of nitrogens with one attached hydrogen (secondary N) is 1. The molecule has 0 saturated carbocycles. The summed E-state index contributed by atoms with van der Waals surface area (Å²) >= 11 is 5.84. The summed E-state index contributed by atoms with van der Waals surface area (Å²) in [5.41, 5.74) is 0. The van der Waals surface area contributed by atoms with E-state index in [0.29, 0.717) is 39.9 Å². The lowest BCUT2D eigenvalue weighted by Gasteiger charge is -2.31. The van der Waals surface area contributed by atoms with Crippen molar-refractivity contribution in [2.24, 2.45) is 0 Å². The van der Waals surface area contributed by atoms with E-state index in [-0.39, 0.29) is 0 Å². The second-order valence-corrected chi connectivity index (χ2v) is 7.86. The van der Waals surface area contributed by atoms with E-state index in [0.717, 1.165) is 31.8 Å². The topological polar surface area (TPSA) is 83.9 Å². The molecule has 4 rings (SSSR count). The SMILES string of the molecule is O=[S@@]1CCNc2nc(N3CCC(c4ncc(Cl)cn4)CC3)ncc21. The van der Waals surface area contributed by atoms with Crippen molar-refractivity contribution >= 4 is 34.2 Å². The molecule has 126 valence electrons. The van der Waals surface area contributed by atoms with Crippen LogP contribution in [0.25, 0.3) is 0 Å². The molecule has 0 unspecified atom stereocenters. The molecule has 0 aromatic carbocycles. The van der Waals surface area contributed by atoms with Gasteiger partial charge in [-0.2, -0.15) is 4.98 Å². The summed E-state index contributed by atoms with van der Waals surface area (Å²) < 4.78 is 12.0. The molecule has 0 amide bonds. The van der Waals surface area contributed by atoms with Gasteiger partial charge < -0.3 is 10.2 Å². The molecule has 2 aromatic heterocycles. The van der Waals surface area contributed by atoms with Gasteiger partial charge in [0.15, 0.2) is 0 Å². The monoisotopic (exact) mass is 364 g/mol. The lowest BCUT2D eigenvalue weighted by molar-refractivity contribution is 0.480. The fourth-order valence-corrected chi connectivity index (χ4v) is 4.16. The summed E-state index contributed by atoms with van der Waals surface area (Å²) in [4.78, 5) is 20.5. The molecule has 2 aromatic rings. The molecule has 9 heteroatoms. The van der Waals surface area contributed by atoms with Gasteiger partial charge in [0.05, 0.1) is 26.9 Å². The predicted molar refractivity (Wildman–Crippen MR) is 93.0 cm³/mol. The molecule has 1 N–H and O–H groups in total. The van der Waals surface area contributed by atoms with Crippen molar-refractivity contribution in [2.45, 2.75) is 23.7 Å². The third-order valence-electron chi connectivity index (χ3n) is 4.35. The highest BCUT2D eigenvalue weighted by molar-refractivity contribution is 7.85. The first-order valence-corrected chi connectivity index (χ1v) is 9.62. The average molecular weight is 365 g/mol. The van der Waals surface area contributed by atoms with Crippen LogP contribution in [0.2, 0.25) is 5.02 Å². The van der Waals surface area contributed by atoms with Crippen molar-refractivity contribution < 1.29 is 4.21 Å². The summed E-state index contributed by atoms with van der Waals surface area (Å²) in [7, 11) is -0.994. The highest BCUT2D eigenvalue weighted by atomic mass is 35.5. The maximum atomic E-state index is 12.0. The van der Waals surface area contributed by atoms with Crippen LogP contribution in [0.1, 0.15) is 24.6 Å². The van der Waals surface area contributed by atoms with Crippen LogP contribution in [0.3, 0.4) is 0 Å². The van der Waals surface area contributed by atoms with Crippen molar-refractivity contribution in [1.29, 1.82) is 0 Å². The number of aromatic nitrogens is 4. The number of halogens is 1. The quantitative estimate of drug-likeness (QED) is 0.870. The van der Waals surface area contributed by atoms with E-state index in [1.165, 1.54) is 0 Å². The van der Waals surface area contributed by atoms with Gasteiger partial charge in [-0.3, -0.25) is 4.21 Å². The van der Waals surface area contributed by atoms with E-state index in [9.17, 15) is 4.21 Å². The van der Waals surface area contributed by atoms with Crippen LogP contribution in [0.5, 0.6) is 0 Å². The Bertz CT molecular complexity index is 763. The highest BCUT2D eigenvalue weighted by Crippen LogP contribution is 2.29. The number of anilines is 2. The average Bonchev–Trinajstić information content (AvgIpc) is 2.62. The fourth-order valence-electron chi connectivity index (χ4n) is 3.05. The van der Waals surface area contributed by atoms with E-state index in [4.69, 9.17) is 11.6 Å². The lowest BCUT2D eigenvalue weighted by atomic mass is 9.96. The molecule has 0 bridgehead atoms. The summed E-state index contributed by atoms with van der Waals surface area (Å²) in [6.07, 6.45) is 6.88. The lowest BCUT2D eigenvalue weighted by Crippen LogP contribution is -2.35. The number of rotatable bonds is 2. The minimum atomic E-state index is -0.994. The van der Waals surface area contributed by atoms with Crippen molar-refractivity contribution in [3.8, 4) is 0 Å². The molecular weight excluding hydrogens is 348 g/mol. The van der Waals surface area contributed by atoms with Crippen LogP contribution in [0, 0.1) is 0 Å². The van der Waals surface area contributed by atoms with Gasteiger partial charge in [-0.25, -0.2) is 15.0 Å². The van der Waals surface area contributed by atoms with E-state index in [1.807, 2.05) is 0 Å². The van der Waals surface area contributed by atoms with Crippen molar-refractivity contribution in [2.75, 3.05) is 35.6 Å². The molecule has 1 saturated heterocycles. The first-order valence-electron chi connectivity index (χ1n) is 7.92. The molecule has 1 fully saturated rings. The Hall–Kier alpha value is -1.80. The second kappa shape index (κ2) is 6.60. The minimum absolute atomic E-state index is 0.335. The van der Waals surface area contributed by atoms with Gasteiger partial charge in [0.1, 0.15) is 11.6 Å². The Morgan fingerprint density at radius 1 is 1.17 bits per heavy atom. The number of hydrogen-bond acceptors (Lipinski definition) is 7. The molecule has 0 spiro atoms. The van der Waals surface area contributed by atoms with Crippen LogP contribution in [-0.2, 0) is 10.8 Å². The zero-order chi connectivity index (χ0) is 16.5. The molecule has 7 nitrogen and oxygen atoms in total. The Kier molecular flexibility index (Phi) is 4.32. The van der Waals surface area contributed by atoms with E-state index < -0.39 is 10.8 Å². The molecule has 0 radical (unpaired) electrons. The van der Waals surface area contributed by atoms with E-state index in [2.05, 4.69) is 30.2 Å². The Morgan fingerprint density at radius 3 is 2.67 bits per heavy atom. The van der Waals surface area contributed by atoms with Crippen LogP contribution in [0.4, 0.5) is 11.8 Å². The van der Waals surface area contributed by atoms with Gasteiger partial charge in [0.25, 0.3) is 0 Å². The Balaban J connectivity index is 1.46. The summed E-state index contributed by atoms with van der Waals surface area (Å²) in [5.74, 6) is 3.19. The highest BCUT2D eigenvalue weighted by Gasteiger charge is 2.25. The molecule has 0 aliphatic carbocycles. The van der Waals surface area contributed by atoms with Crippen molar-refractivity contribution in [1.82, 2.24) is 19.9 Å². The molecule has 1 atom stereocenters. The summed E-state index contributed by atoms with van der Waals surface area (Å²) in [6, 6.07) is 0.